The third kappa shape index (κ3) is 6.75. The molecule has 6 nitrogen and oxygen atoms in total. The van der Waals surface area contributed by atoms with E-state index in [0.29, 0.717) is 47.1 Å². The highest BCUT2D eigenvalue weighted by Gasteiger charge is 2.23. The summed E-state index contributed by atoms with van der Waals surface area (Å²) in [7, 11) is 0. The molecule has 0 atom stereocenters. The van der Waals surface area contributed by atoms with Gasteiger partial charge in [0.2, 0.25) is 0 Å². The lowest BCUT2D eigenvalue weighted by molar-refractivity contribution is 0.102. The predicted octanol–water partition coefficient (Wildman–Crippen LogP) is 7.48. The zero-order valence-electron chi connectivity index (χ0n) is 22.6. The summed E-state index contributed by atoms with van der Waals surface area (Å²) in [6.07, 6.45) is 5.57. The number of carbonyl (C=O) groups is 1. The Balaban J connectivity index is 1.48. The number of anilines is 1. The molecule has 1 aliphatic rings. The van der Waals surface area contributed by atoms with Crippen LogP contribution in [0, 0.1) is 12.7 Å². The molecule has 1 amide bonds. The molecule has 1 saturated heterocycles. The second kappa shape index (κ2) is 13.2. The maximum Gasteiger partial charge on any atom is 0.257 e. The molecule has 0 unspecified atom stereocenters. The number of amides is 1. The number of halogens is 1. The van der Waals surface area contributed by atoms with Crippen LogP contribution in [-0.4, -0.2) is 39.6 Å². The predicted molar refractivity (Wildman–Crippen MR) is 159 cm³/mol. The zero-order valence-corrected chi connectivity index (χ0v) is 23.4. The van der Waals surface area contributed by atoms with Crippen molar-refractivity contribution in [1.29, 1.82) is 0 Å². The Labute approximate surface area is 239 Å². The molecule has 4 aromatic rings. The van der Waals surface area contributed by atoms with Crippen LogP contribution in [0.4, 0.5) is 10.1 Å². The van der Waals surface area contributed by atoms with Gasteiger partial charge in [0.15, 0.2) is 0 Å². The van der Waals surface area contributed by atoms with Gasteiger partial charge in [-0.05, 0) is 80.4 Å². The number of hydrogen-bond acceptors (Lipinski definition) is 5. The molecular formula is C32H34FN3O3S. The van der Waals surface area contributed by atoms with Crippen LogP contribution in [0.1, 0.15) is 40.7 Å². The lowest BCUT2D eigenvalue weighted by Gasteiger charge is -2.27. The van der Waals surface area contributed by atoms with Crippen LogP contribution in [-0.2, 0) is 13.2 Å². The fourth-order valence-electron chi connectivity index (χ4n) is 5.20. The average Bonchev–Trinajstić information content (AvgIpc) is 3.32. The van der Waals surface area contributed by atoms with E-state index in [2.05, 4.69) is 14.8 Å². The van der Waals surface area contributed by atoms with Gasteiger partial charge < -0.3 is 24.1 Å². The van der Waals surface area contributed by atoms with Crippen molar-refractivity contribution >= 4 is 23.6 Å². The number of likely N-dealkylation sites (tertiary alicyclic amines) is 1. The minimum absolute atomic E-state index is 0.228. The van der Waals surface area contributed by atoms with Crippen LogP contribution >= 0.6 is 12.0 Å². The SMILES string of the molecule is Cc1c(C(=O)Nc2ccc(SO)cc2)cn(CCN2CCCCC2)c1-c1ccc(F)cc1OCc1ccccc1. The summed E-state index contributed by atoms with van der Waals surface area (Å²) >= 11 is 0.661. The van der Waals surface area contributed by atoms with E-state index in [-0.39, 0.29) is 11.7 Å². The van der Waals surface area contributed by atoms with E-state index in [1.54, 1.807) is 30.3 Å². The number of ether oxygens (including phenoxy) is 1. The molecule has 8 heteroatoms. The smallest absolute Gasteiger partial charge is 0.257 e. The van der Waals surface area contributed by atoms with Crippen LogP contribution in [0.2, 0.25) is 0 Å². The van der Waals surface area contributed by atoms with Crippen molar-refractivity contribution in [3.8, 4) is 17.0 Å². The van der Waals surface area contributed by atoms with Gasteiger partial charge >= 0.3 is 0 Å². The normalized spacial score (nSPS) is 13.8. The molecular weight excluding hydrogens is 525 g/mol. The molecule has 0 saturated carbocycles. The molecule has 1 aliphatic heterocycles. The number of rotatable bonds is 10. The number of aromatic nitrogens is 1. The first-order valence-electron chi connectivity index (χ1n) is 13.6. The second-order valence-electron chi connectivity index (χ2n) is 10.1. The summed E-state index contributed by atoms with van der Waals surface area (Å²) < 4.78 is 31.9. The fourth-order valence-corrected chi connectivity index (χ4v) is 5.46. The number of piperidine rings is 1. The first-order chi connectivity index (χ1) is 19.5. The Hall–Kier alpha value is -3.59. The van der Waals surface area contributed by atoms with E-state index in [4.69, 9.17) is 4.74 Å². The number of hydrogen-bond donors (Lipinski definition) is 2. The van der Waals surface area contributed by atoms with Crippen LogP contribution in [0.15, 0.2) is 83.9 Å². The summed E-state index contributed by atoms with van der Waals surface area (Å²) in [5.41, 5.74) is 4.57. The van der Waals surface area contributed by atoms with Crippen molar-refractivity contribution in [1.82, 2.24) is 9.47 Å². The van der Waals surface area contributed by atoms with Crippen molar-refractivity contribution in [2.45, 2.75) is 44.2 Å². The van der Waals surface area contributed by atoms with Crippen LogP contribution in [0.25, 0.3) is 11.3 Å². The minimum atomic E-state index is -0.377. The van der Waals surface area contributed by atoms with Crippen molar-refractivity contribution in [2.24, 2.45) is 0 Å². The van der Waals surface area contributed by atoms with Gasteiger partial charge in [0.1, 0.15) is 18.2 Å². The third-order valence-corrected chi connectivity index (χ3v) is 7.82. The molecule has 3 aromatic carbocycles. The minimum Gasteiger partial charge on any atom is -0.488 e. The highest BCUT2D eigenvalue weighted by molar-refractivity contribution is 7.93. The summed E-state index contributed by atoms with van der Waals surface area (Å²) in [5.74, 6) is -0.166. The Kier molecular flexibility index (Phi) is 9.21. The molecule has 1 aromatic heterocycles. The molecule has 2 heterocycles. The van der Waals surface area contributed by atoms with Crippen molar-refractivity contribution in [3.63, 3.8) is 0 Å². The first-order valence-corrected chi connectivity index (χ1v) is 14.4. The molecule has 0 bridgehead atoms. The van der Waals surface area contributed by atoms with Gasteiger partial charge in [-0.1, -0.05) is 36.8 Å². The summed E-state index contributed by atoms with van der Waals surface area (Å²) in [6.45, 7) is 5.95. The zero-order chi connectivity index (χ0) is 27.9. The van der Waals surface area contributed by atoms with Gasteiger partial charge in [0.05, 0.1) is 11.3 Å². The number of nitrogens with one attached hydrogen (secondary N) is 1. The molecule has 0 radical (unpaired) electrons. The molecule has 0 aliphatic carbocycles. The Morgan fingerprint density at radius 3 is 2.48 bits per heavy atom. The topological polar surface area (TPSA) is 66.7 Å². The average molecular weight is 560 g/mol. The van der Waals surface area contributed by atoms with Gasteiger partial charge in [-0.15, -0.1) is 0 Å². The number of nitrogens with zero attached hydrogens (tertiary/aromatic N) is 2. The molecule has 208 valence electrons. The highest BCUT2D eigenvalue weighted by atomic mass is 32.2. The van der Waals surface area contributed by atoms with Gasteiger partial charge in [-0.2, -0.15) is 0 Å². The number of carbonyl (C=O) groups excluding carboxylic acids is 1. The number of benzene rings is 3. The third-order valence-electron chi connectivity index (χ3n) is 7.34. The van der Waals surface area contributed by atoms with Gasteiger partial charge in [-0.25, -0.2) is 4.39 Å². The van der Waals surface area contributed by atoms with E-state index in [1.807, 2.05) is 43.5 Å². The summed E-state index contributed by atoms with van der Waals surface area (Å²) in [6, 6.07) is 21.4. The quantitative estimate of drug-likeness (QED) is 0.197. The van der Waals surface area contributed by atoms with Gasteiger partial charge in [-0.3, -0.25) is 4.79 Å². The van der Waals surface area contributed by atoms with Crippen molar-refractivity contribution in [3.05, 3.63) is 102 Å². The standard InChI is InChI=1S/C32H34FN3O3S/c1-23-29(32(37)34-26-11-13-27(40-38)14-12-26)21-36(19-18-35-16-6-3-7-17-35)31(23)28-15-10-25(33)20-30(28)39-22-24-8-4-2-5-9-24/h2,4-5,8-15,20-21,38H,3,6-7,16-19,22H2,1H3,(H,34,37). The monoisotopic (exact) mass is 559 g/mol. The first kappa shape index (κ1) is 28.0. The van der Waals surface area contributed by atoms with Crippen molar-refractivity contribution in [2.75, 3.05) is 25.0 Å². The summed E-state index contributed by atoms with van der Waals surface area (Å²) in [5, 5.41) is 2.97. The lowest BCUT2D eigenvalue weighted by Crippen LogP contribution is -2.32. The van der Waals surface area contributed by atoms with Gasteiger partial charge in [0.25, 0.3) is 5.91 Å². The van der Waals surface area contributed by atoms with Crippen LogP contribution in [0.5, 0.6) is 5.75 Å². The molecule has 5 rings (SSSR count). The lowest BCUT2D eigenvalue weighted by atomic mass is 10.0. The van der Waals surface area contributed by atoms with E-state index in [9.17, 15) is 13.7 Å². The van der Waals surface area contributed by atoms with E-state index < -0.39 is 0 Å². The van der Waals surface area contributed by atoms with Crippen molar-refractivity contribution < 1.29 is 18.5 Å². The molecule has 1 fully saturated rings. The van der Waals surface area contributed by atoms with E-state index in [0.717, 1.165) is 42.0 Å². The fraction of sp³-hybridized carbons (Fsp3) is 0.281. The molecule has 0 spiro atoms. The van der Waals surface area contributed by atoms with Crippen LogP contribution in [0.3, 0.4) is 0 Å². The molecule has 2 N–H and O–H groups in total. The van der Waals surface area contributed by atoms with E-state index in [1.165, 1.54) is 31.4 Å². The maximum atomic E-state index is 14.4. The van der Waals surface area contributed by atoms with Gasteiger partial charge in [0, 0.05) is 53.5 Å². The second-order valence-corrected chi connectivity index (χ2v) is 10.8. The molecule has 40 heavy (non-hydrogen) atoms. The largest absolute Gasteiger partial charge is 0.488 e. The highest BCUT2D eigenvalue weighted by Crippen LogP contribution is 2.36. The van der Waals surface area contributed by atoms with Crippen LogP contribution < -0.4 is 10.1 Å². The van der Waals surface area contributed by atoms with E-state index >= 15 is 0 Å². The maximum absolute atomic E-state index is 14.4. The Morgan fingerprint density at radius 1 is 1.00 bits per heavy atom. The Bertz CT molecular complexity index is 1430. The summed E-state index contributed by atoms with van der Waals surface area (Å²) in [4.78, 5) is 16.6. The Morgan fingerprint density at radius 2 is 1.75 bits per heavy atom.